The van der Waals surface area contributed by atoms with Crippen molar-refractivity contribution in [2.24, 2.45) is 0 Å². The lowest BCUT2D eigenvalue weighted by molar-refractivity contribution is -0.127. The first-order valence-electron chi connectivity index (χ1n) is 13.3. The van der Waals surface area contributed by atoms with Gasteiger partial charge in [-0.1, -0.05) is 37.5 Å². The summed E-state index contributed by atoms with van der Waals surface area (Å²) in [5, 5.41) is 5.13. The number of hydrogen-bond donors (Lipinski definition) is 1. The van der Waals surface area contributed by atoms with E-state index in [1.54, 1.807) is 23.1 Å². The van der Waals surface area contributed by atoms with E-state index in [2.05, 4.69) is 10.2 Å². The number of thiophene rings is 1. The first-order chi connectivity index (χ1) is 18.6. The Kier molecular flexibility index (Phi) is 8.88. The molecule has 2 fully saturated rings. The molecule has 5 rings (SSSR count). The first kappa shape index (κ1) is 26.6. The van der Waals surface area contributed by atoms with Gasteiger partial charge in [0.25, 0.3) is 5.91 Å². The van der Waals surface area contributed by atoms with Gasteiger partial charge in [-0.25, -0.2) is 4.39 Å². The van der Waals surface area contributed by atoms with Crippen LogP contribution < -0.4 is 5.32 Å². The summed E-state index contributed by atoms with van der Waals surface area (Å²) in [5.41, 5.74) is 0.560. The van der Waals surface area contributed by atoms with E-state index in [0.717, 1.165) is 43.6 Å². The molecular weight excluding hydrogens is 505 g/mol. The molecule has 1 aliphatic heterocycles. The first-order valence-corrected chi connectivity index (χ1v) is 14.2. The van der Waals surface area contributed by atoms with Gasteiger partial charge in [0.2, 0.25) is 5.91 Å². The van der Waals surface area contributed by atoms with Crippen LogP contribution in [0.5, 0.6) is 0 Å². The van der Waals surface area contributed by atoms with Crippen molar-refractivity contribution in [3.05, 3.63) is 81.7 Å². The Hall–Kier alpha value is -3.01. The van der Waals surface area contributed by atoms with E-state index < -0.39 is 11.9 Å². The SMILES string of the molecule is O=C(NC1CCCCC1)C(c1ccc(F)cc1)N(Cc1cccs1)C(=O)c1ccc(CN2CCOCC2)o1. The number of furan rings is 1. The van der Waals surface area contributed by atoms with Crippen LogP contribution >= 0.6 is 11.3 Å². The van der Waals surface area contributed by atoms with Crippen molar-refractivity contribution in [1.82, 2.24) is 15.1 Å². The van der Waals surface area contributed by atoms with Gasteiger partial charge >= 0.3 is 0 Å². The zero-order chi connectivity index (χ0) is 26.3. The minimum absolute atomic E-state index is 0.0710. The van der Waals surface area contributed by atoms with E-state index in [4.69, 9.17) is 9.15 Å². The maximum absolute atomic E-state index is 14.0. The fourth-order valence-corrected chi connectivity index (χ4v) is 5.90. The second-order valence-corrected chi connectivity index (χ2v) is 11.0. The molecule has 7 nitrogen and oxygen atoms in total. The molecule has 38 heavy (non-hydrogen) atoms. The Bertz CT molecular complexity index is 1180. The Morgan fingerprint density at radius 1 is 1.05 bits per heavy atom. The number of rotatable bonds is 9. The molecule has 0 radical (unpaired) electrons. The summed E-state index contributed by atoms with van der Waals surface area (Å²) in [6.07, 6.45) is 5.15. The van der Waals surface area contributed by atoms with Gasteiger partial charge in [0, 0.05) is 24.0 Å². The van der Waals surface area contributed by atoms with E-state index in [-0.39, 0.29) is 30.2 Å². The second-order valence-electron chi connectivity index (χ2n) is 9.96. The topological polar surface area (TPSA) is 75.0 Å². The number of morpholine rings is 1. The van der Waals surface area contributed by atoms with Crippen molar-refractivity contribution in [3.8, 4) is 0 Å². The largest absolute Gasteiger partial charge is 0.455 e. The monoisotopic (exact) mass is 539 g/mol. The normalized spacial score (nSPS) is 17.7. The molecule has 1 saturated heterocycles. The highest BCUT2D eigenvalue weighted by Gasteiger charge is 2.35. The molecule has 2 aromatic heterocycles. The molecular formula is C29H34FN3O4S. The number of hydrogen-bond acceptors (Lipinski definition) is 6. The highest BCUT2D eigenvalue weighted by atomic mass is 32.1. The third kappa shape index (κ3) is 6.70. The van der Waals surface area contributed by atoms with E-state index in [1.807, 2.05) is 23.6 Å². The molecule has 2 aliphatic rings. The van der Waals surface area contributed by atoms with Crippen molar-refractivity contribution in [3.63, 3.8) is 0 Å². The van der Waals surface area contributed by atoms with Crippen molar-refractivity contribution in [2.75, 3.05) is 26.3 Å². The molecule has 1 unspecified atom stereocenters. The van der Waals surface area contributed by atoms with Gasteiger partial charge in [0.15, 0.2) is 5.76 Å². The number of halogens is 1. The van der Waals surface area contributed by atoms with Crippen molar-refractivity contribution < 1.29 is 23.1 Å². The Morgan fingerprint density at radius 3 is 2.53 bits per heavy atom. The predicted octanol–water partition coefficient (Wildman–Crippen LogP) is 5.15. The smallest absolute Gasteiger partial charge is 0.290 e. The Balaban J connectivity index is 1.44. The van der Waals surface area contributed by atoms with Crippen LogP contribution in [0, 0.1) is 5.82 Å². The van der Waals surface area contributed by atoms with Gasteiger partial charge in [-0.3, -0.25) is 14.5 Å². The van der Waals surface area contributed by atoms with Gasteiger partial charge in [-0.15, -0.1) is 11.3 Å². The zero-order valence-corrected chi connectivity index (χ0v) is 22.3. The van der Waals surface area contributed by atoms with Gasteiger partial charge in [-0.2, -0.15) is 0 Å². The predicted molar refractivity (Wildman–Crippen MR) is 143 cm³/mol. The van der Waals surface area contributed by atoms with Gasteiger partial charge in [0.05, 0.1) is 26.3 Å². The lowest BCUT2D eigenvalue weighted by atomic mass is 9.94. The summed E-state index contributed by atoms with van der Waals surface area (Å²) in [6, 6.07) is 12.3. The summed E-state index contributed by atoms with van der Waals surface area (Å²) in [5.74, 6) is -0.151. The standard InChI is InChI=1S/C29H34FN3O4S/c30-22-10-8-21(9-11-22)27(28(34)31-23-5-2-1-3-6-23)33(20-25-7-4-18-38-25)29(35)26-13-12-24(37-26)19-32-14-16-36-17-15-32/h4,7-13,18,23,27H,1-3,5-6,14-17,19-20H2,(H,31,34). The number of nitrogens with zero attached hydrogens (tertiary/aromatic N) is 2. The van der Waals surface area contributed by atoms with Crippen LogP contribution in [0.3, 0.4) is 0 Å². The van der Waals surface area contributed by atoms with Crippen molar-refractivity contribution in [1.29, 1.82) is 0 Å². The average molecular weight is 540 g/mol. The summed E-state index contributed by atoms with van der Waals surface area (Å²) >= 11 is 1.52. The summed E-state index contributed by atoms with van der Waals surface area (Å²) in [7, 11) is 0. The van der Waals surface area contributed by atoms with Crippen LogP contribution in [-0.4, -0.2) is 54.0 Å². The molecule has 1 N–H and O–H groups in total. The van der Waals surface area contributed by atoms with Crippen LogP contribution in [-0.2, 0) is 22.6 Å². The lowest BCUT2D eigenvalue weighted by Crippen LogP contribution is -2.46. The van der Waals surface area contributed by atoms with Crippen LogP contribution in [0.4, 0.5) is 4.39 Å². The molecule has 1 aromatic carbocycles. The van der Waals surface area contributed by atoms with Crippen LogP contribution in [0.1, 0.15) is 64.9 Å². The minimum Gasteiger partial charge on any atom is -0.455 e. The molecule has 202 valence electrons. The fourth-order valence-electron chi connectivity index (χ4n) is 5.19. The van der Waals surface area contributed by atoms with E-state index in [0.29, 0.717) is 31.1 Å². The maximum atomic E-state index is 14.0. The molecule has 1 saturated carbocycles. The third-order valence-corrected chi connectivity index (χ3v) is 8.08. The average Bonchev–Trinajstić information content (AvgIpc) is 3.63. The van der Waals surface area contributed by atoms with E-state index >= 15 is 0 Å². The number of benzene rings is 1. The number of carbonyl (C=O) groups excluding carboxylic acids is 2. The molecule has 0 spiro atoms. The maximum Gasteiger partial charge on any atom is 0.290 e. The molecule has 1 aliphatic carbocycles. The molecule has 9 heteroatoms. The third-order valence-electron chi connectivity index (χ3n) is 7.22. The van der Waals surface area contributed by atoms with Crippen LogP contribution in [0.25, 0.3) is 0 Å². The highest BCUT2D eigenvalue weighted by Crippen LogP contribution is 2.29. The number of amides is 2. The Morgan fingerprint density at radius 2 is 1.82 bits per heavy atom. The fraction of sp³-hybridized carbons (Fsp3) is 0.448. The van der Waals surface area contributed by atoms with Crippen molar-refractivity contribution >= 4 is 23.2 Å². The molecule has 2 amide bonds. The highest BCUT2D eigenvalue weighted by molar-refractivity contribution is 7.09. The van der Waals surface area contributed by atoms with Gasteiger partial charge in [-0.05, 0) is 54.1 Å². The van der Waals surface area contributed by atoms with Gasteiger partial charge in [0.1, 0.15) is 17.6 Å². The minimum atomic E-state index is -0.931. The lowest BCUT2D eigenvalue weighted by Gasteiger charge is -2.32. The zero-order valence-electron chi connectivity index (χ0n) is 21.4. The van der Waals surface area contributed by atoms with Crippen LogP contribution in [0.15, 0.2) is 58.3 Å². The van der Waals surface area contributed by atoms with Crippen LogP contribution in [0.2, 0.25) is 0 Å². The van der Waals surface area contributed by atoms with Crippen molar-refractivity contribution in [2.45, 2.75) is 57.3 Å². The quantitative estimate of drug-likeness (QED) is 0.407. The van der Waals surface area contributed by atoms with E-state index in [1.165, 1.54) is 29.9 Å². The second kappa shape index (κ2) is 12.7. The Labute approximate surface area is 226 Å². The molecule has 3 aromatic rings. The molecule has 3 heterocycles. The summed E-state index contributed by atoms with van der Waals surface area (Å²) < 4.78 is 25.3. The van der Waals surface area contributed by atoms with Gasteiger partial charge < -0.3 is 19.4 Å². The number of carbonyl (C=O) groups is 2. The van der Waals surface area contributed by atoms with E-state index in [9.17, 15) is 14.0 Å². The number of ether oxygens (including phenoxy) is 1. The summed E-state index contributed by atoms with van der Waals surface area (Å²) in [4.78, 5) is 32.5. The summed E-state index contributed by atoms with van der Waals surface area (Å²) in [6.45, 7) is 3.79. The number of nitrogens with one attached hydrogen (secondary N) is 1. The molecule has 0 bridgehead atoms. The molecule has 1 atom stereocenters.